The lowest BCUT2D eigenvalue weighted by molar-refractivity contribution is -0.0498. The molecule has 0 aliphatic heterocycles. The van der Waals surface area contributed by atoms with Gasteiger partial charge in [0, 0.05) is 5.56 Å². The quantitative estimate of drug-likeness (QED) is 0.630. The maximum Gasteiger partial charge on any atom is 0.387 e. The maximum absolute atomic E-state index is 13.5. The maximum atomic E-state index is 13.5. The lowest BCUT2D eigenvalue weighted by Crippen LogP contribution is -2.07. The summed E-state index contributed by atoms with van der Waals surface area (Å²) in [6, 6.07) is 8.05. The number of hydrogen-bond acceptors (Lipinski definition) is 2. The predicted molar refractivity (Wildman–Crippen MR) is 62.9 cm³/mol. The van der Waals surface area contributed by atoms with E-state index in [9.17, 15) is 22.4 Å². The van der Waals surface area contributed by atoms with Crippen LogP contribution in [-0.4, -0.2) is 12.4 Å². The van der Waals surface area contributed by atoms with E-state index in [-0.39, 0.29) is 11.3 Å². The van der Waals surface area contributed by atoms with E-state index in [2.05, 4.69) is 4.74 Å². The number of halogens is 4. The van der Waals surface area contributed by atoms with Gasteiger partial charge in [0.2, 0.25) is 0 Å². The Morgan fingerprint density at radius 3 is 2.45 bits per heavy atom. The minimum absolute atomic E-state index is 0.0763. The third-order valence-corrected chi connectivity index (χ3v) is 2.52. The normalized spacial score (nSPS) is 10.7. The van der Waals surface area contributed by atoms with Gasteiger partial charge >= 0.3 is 6.61 Å². The number of carbonyl (C=O) groups is 1. The number of alkyl halides is 2. The van der Waals surface area contributed by atoms with Crippen LogP contribution in [0, 0.1) is 11.6 Å². The molecule has 0 amide bonds. The summed E-state index contributed by atoms with van der Waals surface area (Å²) in [6.07, 6.45) is 0. The molecule has 0 bridgehead atoms. The Bertz CT molecular complexity index is 641. The Hall–Kier alpha value is -2.37. The fraction of sp³-hybridized carbons (Fsp3) is 0.0714. The van der Waals surface area contributed by atoms with Crippen LogP contribution in [-0.2, 0) is 0 Å². The van der Waals surface area contributed by atoms with Crippen LogP contribution in [0.1, 0.15) is 15.9 Å². The molecule has 0 atom stereocenters. The first kappa shape index (κ1) is 14.0. The number of rotatable bonds is 4. The number of ketones is 1. The molecule has 2 nitrogen and oxygen atoms in total. The van der Waals surface area contributed by atoms with Crippen LogP contribution in [0.25, 0.3) is 0 Å². The van der Waals surface area contributed by atoms with Gasteiger partial charge in [-0.15, -0.1) is 0 Å². The molecule has 0 spiro atoms. The molecule has 2 rings (SSSR count). The molecule has 0 N–H and O–H groups in total. The molecule has 0 fully saturated rings. The van der Waals surface area contributed by atoms with E-state index in [0.717, 1.165) is 18.2 Å². The topological polar surface area (TPSA) is 26.3 Å². The molecule has 0 heterocycles. The smallest absolute Gasteiger partial charge is 0.387 e. The summed E-state index contributed by atoms with van der Waals surface area (Å²) >= 11 is 0. The van der Waals surface area contributed by atoms with Crippen molar-refractivity contribution < 1.29 is 27.1 Å². The Morgan fingerprint density at radius 2 is 1.75 bits per heavy atom. The largest absolute Gasteiger partial charge is 0.435 e. The summed E-state index contributed by atoms with van der Waals surface area (Å²) in [5, 5.41) is 0. The lowest BCUT2D eigenvalue weighted by Gasteiger charge is -2.07. The van der Waals surface area contributed by atoms with Gasteiger partial charge < -0.3 is 4.74 Å². The molecule has 0 radical (unpaired) electrons. The van der Waals surface area contributed by atoms with E-state index in [4.69, 9.17) is 0 Å². The molecular weight excluding hydrogens is 276 g/mol. The first-order chi connectivity index (χ1) is 9.49. The van der Waals surface area contributed by atoms with E-state index in [0.29, 0.717) is 0 Å². The average molecular weight is 284 g/mol. The predicted octanol–water partition coefficient (Wildman–Crippen LogP) is 3.80. The second-order valence-electron chi connectivity index (χ2n) is 3.84. The number of hydrogen-bond donors (Lipinski definition) is 0. The van der Waals surface area contributed by atoms with Gasteiger partial charge in [-0.1, -0.05) is 18.2 Å². The van der Waals surface area contributed by atoms with Crippen molar-refractivity contribution in [2.24, 2.45) is 0 Å². The zero-order valence-corrected chi connectivity index (χ0v) is 9.95. The summed E-state index contributed by atoms with van der Waals surface area (Å²) in [4.78, 5) is 12.0. The summed E-state index contributed by atoms with van der Waals surface area (Å²) in [5.41, 5.74) is -0.549. The number of ether oxygens (including phenoxy) is 1. The Balaban J connectivity index is 2.36. The third-order valence-electron chi connectivity index (χ3n) is 2.52. The standard InChI is InChI=1S/C14H8F4O2/c15-11-6-2-5-10(12(11)16)13(19)8-3-1-4-9(7-8)20-14(17)18/h1-7,14H. The van der Waals surface area contributed by atoms with Crippen LogP contribution in [0.4, 0.5) is 17.6 Å². The van der Waals surface area contributed by atoms with Gasteiger partial charge in [-0.2, -0.15) is 8.78 Å². The lowest BCUT2D eigenvalue weighted by atomic mass is 10.0. The van der Waals surface area contributed by atoms with Crippen LogP contribution >= 0.6 is 0 Å². The average Bonchev–Trinajstić information content (AvgIpc) is 2.41. The van der Waals surface area contributed by atoms with Crippen LogP contribution in [0.3, 0.4) is 0 Å². The van der Waals surface area contributed by atoms with E-state index < -0.39 is 29.6 Å². The minimum atomic E-state index is -3.04. The molecule has 0 unspecified atom stereocenters. The van der Waals surface area contributed by atoms with Gasteiger partial charge in [0.05, 0.1) is 5.56 Å². The summed E-state index contributed by atoms with van der Waals surface area (Å²) in [5.74, 6) is -3.49. The zero-order chi connectivity index (χ0) is 14.7. The molecule has 0 aromatic heterocycles. The molecule has 0 aliphatic rings. The van der Waals surface area contributed by atoms with Crippen LogP contribution in [0.15, 0.2) is 42.5 Å². The number of benzene rings is 2. The van der Waals surface area contributed by atoms with Crippen molar-refractivity contribution in [3.63, 3.8) is 0 Å². The van der Waals surface area contributed by atoms with Crippen molar-refractivity contribution in [1.82, 2.24) is 0 Å². The Labute approximate surface area is 111 Å². The van der Waals surface area contributed by atoms with Gasteiger partial charge in [0.1, 0.15) is 5.75 Å². The van der Waals surface area contributed by atoms with Crippen molar-refractivity contribution >= 4 is 5.78 Å². The monoisotopic (exact) mass is 284 g/mol. The first-order valence-electron chi connectivity index (χ1n) is 5.52. The molecule has 6 heteroatoms. The van der Waals surface area contributed by atoms with Crippen molar-refractivity contribution in [3.8, 4) is 5.75 Å². The molecule has 104 valence electrons. The third kappa shape index (κ3) is 2.96. The Morgan fingerprint density at radius 1 is 1.05 bits per heavy atom. The van der Waals surface area contributed by atoms with Gasteiger partial charge in [0.15, 0.2) is 17.4 Å². The highest BCUT2D eigenvalue weighted by atomic mass is 19.3. The number of carbonyl (C=O) groups excluding carboxylic acids is 1. The highest BCUT2D eigenvalue weighted by Gasteiger charge is 2.17. The van der Waals surface area contributed by atoms with E-state index in [1.54, 1.807) is 0 Å². The van der Waals surface area contributed by atoms with Crippen LogP contribution in [0.2, 0.25) is 0 Å². The molecule has 0 saturated heterocycles. The molecule has 0 saturated carbocycles. The fourth-order valence-corrected chi connectivity index (χ4v) is 1.65. The van der Waals surface area contributed by atoms with Gasteiger partial charge in [-0.05, 0) is 24.3 Å². The van der Waals surface area contributed by atoms with Crippen molar-refractivity contribution in [2.45, 2.75) is 6.61 Å². The van der Waals surface area contributed by atoms with Crippen LogP contribution < -0.4 is 4.74 Å². The van der Waals surface area contributed by atoms with Gasteiger partial charge in [-0.25, -0.2) is 8.78 Å². The molecule has 20 heavy (non-hydrogen) atoms. The van der Waals surface area contributed by atoms with Crippen LogP contribution in [0.5, 0.6) is 5.75 Å². The highest BCUT2D eigenvalue weighted by molar-refractivity contribution is 6.09. The molecule has 0 aliphatic carbocycles. The van der Waals surface area contributed by atoms with E-state index in [1.807, 2.05) is 0 Å². The van der Waals surface area contributed by atoms with Crippen molar-refractivity contribution in [1.29, 1.82) is 0 Å². The van der Waals surface area contributed by atoms with Gasteiger partial charge in [-0.3, -0.25) is 4.79 Å². The second kappa shape index (κ2) is 5.73. The molecule has 2 aromatic rings. The SMILES string of the molecule is O=C(c1cccc(OC(F)F)c1)c1cccc(F)c1F. The van der Waals surface area contributed by atoms with Crippen molar-refractivity contribution in [3.05, 3.63) is 65.2 Å². The van der Waals surface area contributed by atoms with Gasteiger partial charge in [0.25, 0.3) is 0 Å². The molecule has 2 aromatic carbocycles. The minimum Gasteiger partial charge on any atom is -0.435 e. The molecular formula is C14H8F4O2. The Kier molecular flexibility index (Phi) is 4.02. The first-order valence-corrected chi connectivity index (χ1v) is 5.52. The van der Waals surface area contributed by atoms with E-state index in [1.165, 1.54) is 24.3 Å². The van der Waals surface area contributed by atoms with Crippen molar-refractivity contribution in [2.75, 3.05) is 0 Å². The second-order valence-corrected chi connectivity index (χ2v) is 3.84. The van der Waals surface area contributed by atoms with E-state index >= 15 is 0 Å². The summed E-state index contributed by atoms with van der Waals surface area (Å²) in [7, 11) is 0. The fourth-order valence-electron chi connectivity index (χ4n) is 1.65. The highest BCUT2D eigenvalue weighted by Crippen LogP contribution is 2.20. The summed E-state index contributed by atoms with van der Waals surface area (Å²) in [6.45, 7) is -3.04. The zero-order valence-electron chi connectivity index (χ0n) is 9.95. The summed E-state index contributed by atoms with van der Waals surface area (Å²) < 4.78 is 54.9.